The third-order valence-corrected chi connectivity index (χ3v) is 3.48. The SMILES string of the molecule is Cc1cc(C)cc(CN[C@@H](C)c2cccc(Cl)c2)c1. The fourth-order valence-corrected chi connectivity index (χ4v) is 2.53. The molecule has 1 N–H and O–H groups in total. The van der Waals surface area contributed by atoms with E-state index in [9.17, 15) is 0 Å². The number of nitrogens with one attached hydrogen (secondary N) is 1. The predicted octanol–water partition coefficient (Wildman–Crippen LogP) is 4.81. The van der Waals surface area contributed by atoms with Crippen LogP contribution < -0.4 is 5.32 Å². The van der Waals surface area contributed by atoms with Gasteiger partial charge in [-0.1, -0.05) is 53.1 Å². The summed E-state index contributed by atoms with van der Waals surface area (Å²) in [6, 6.07) is 15.0. The van der Waals surface area contributed by atoms with Gasteiger partial charge in [0, 0.05) is 17.6 Å². The summed E-state index contributed by atoms with van der Waals surface area (Å²) in [4.78, 5) is 0. The summed E-state index contributed by atoms with van der Waals surface area (Å²) in [7, 11) is 0. The maximum atomic E-state index is 6.02. The molecule has 0 aromatic heterocycles. The molecule has 0 fully saturated rings. The van der Waals surface area contributed by atoms with Crippen LogP contribution in [0.1, 0.15) is 35.2 Å². The van der Waals surface area contributed by atoms with Crippen LogP contribution >= 0.6 is 11.6 Å². The summed E-state index contributed by atoms with van der Waals surface area (Å²) in [5, 5.41) is 4.33. The molecule has 0 aliphatic carbocycles. The van der Waals surface area contributed by atoms with Gasteiger partial charge in [0.15, 0.2) is 0 Å². The van der Waals surface area contributed by atoms with Gasteiger partial charge in [-0.15, -0.1) is 0 Å². The number of hydrogen-bond acceptors (Lipinski definition) is 1. The number of halogens is 1. The van der Waals surface area contributed by atoms with Gasteiger partial charge >= 0.3 is 0 Å². The van der Waals surface area contributed by atoms with Crippen molar-refractivity contribution >= 4 is 11.6 Å². The van der Waals surface area contributed by atoms with Gasteiger partial charge < -0.3 is 5.32 Å². The molecule has 0 amide bonds. The first-order valence-electron chi connectivity index (χ1n) is 6.60. The van der Waals surface area contributed by atoms with Crippen molar-refractivity contribution < 1.29 is 0 Å². The van der Waals surface area contributed by atoms with E-state index in [1.807, 2.05) is 18.2 Å². The van der Waals surface area contributed by atoms with E-state index >= 15 is 0 Å². The zero-order valence-corrected chi connectivity index (χ0v) is 12.5. The lowest BCUT2D eigenvalue weighted by Crippen LogP contribution is -2.18. The molecule has 0 aliphatic heterocycles. The van der Waals surface area contributed by atoms with E-state index in [0.717, 1.165) is 11.6 Å². The largest absolute Gasteiger partial charge is 0.306 e. The third kappa shape index (κ3) is 4.09. The molecule has 2 rings (SSSR count). The molecule has 0 aliphatic rings. The molecule has 0 bridgehead atoms. The Morgan fingerprint density at radius 3 is 2.37 bits per heavy atom. The first-order valence-corrected chi connectivity index (χ1v) is 6.98. The average Bonchev–Trinajstić information content (AvgIpc) is 2.35. The Morgan fingerprint density at radius 1 is 1.05 bits per heavy atom. The minimum Gasteiger partial charge on any atom is -0.306 e. The van der Waals surface area contributed by atoms with Gasteiger partial charge in [-0.3, -0.25) is 0 Å². The summed E-state index contributed by atoms with van der Waals surface area (Å²) in [5.74, 6) is 0. The lowest BCUT2D eigenvalue weighted by molar-refractivity contribution is 0.574. The molecule has 2 aromatic carbocycles. The zero-order valence-electron chi connectivity index (χ0n) is 11.7. The Hall–Kier alpha value is -1.31. The van der Waals surface area contributed by atoms with E-state index in [-0.39, 0.29) is 0 Å². The average molecular weight is 274 g/mol. The normalized spacial score (nSPS) is 12.4. The van der Waals surface area contributed by atoms with Crippen LogP contribution in [0.2, 0.25) is 5.02 Å². The van der Waals surface area contributed by atoms with Crippen molar-refractivity contribution in [2.24, 2.45) is 0 Å². The zero-order chi connectivity index (χ0) is 13.8. The van der Waals surface area contributed by atoms with Gasteiger partial charge in [0.25, 0.3) is 0 Å². The van der Waals surface area contributed by atoms with Crippen LogP contribution in [-0.4, -0.2) is 0 Å². The standard InChI is InChI=1S/C17H20ClN/c1-12-7-13(2)9-15(8-12)11-19-14(3)16-5-4-6-17(18)10-16/h4-10,14,19H,11H2,1-3H3/t14-/m0/s1. The molecular formula is C17H20ClN. The first-order chi connectivity index (χ1) is 9.04. The summed E-state index contributed by atoms with van der Waals surface area (Å²) in [6.45, 7) is 7.30. The minimum absolute atomic E-state index is 0.291. The highest BCUT2D eigenvalue weighted by Crippen LogP contribution is 2.18. The molecule has 0 radical (unpaired) electrons. The molecule has 0 saturated carbocycles. The van der Waals surface area contributed by atoms with Crippen LogP contribution in [-0.2, 0) is 6.54 Å². The molecule has 0 heterocycles. The second-order valence-electron chi connectivity index (χ2n) is 5.15. The second-order valence-corrected chi connectivity index (χ2v) is 5.59. The monoisotopic (exact) mass is 273 g/mol. The number of hydrogen-bond donors (Lipinski definition) is 1. The van der Waals surface area contributed by atoms with Crippen molar-refractivity contribution in [2.75, 3.05) is 0 Å². The molecule has 19 heavy (non-hydrogen) atoms. The van der Waals surface area contributed by atoms with E-state index in [1.165, 1.54) is 22.3 Å². The Labute approximate surface area is 120 Å². The van der Waals surface area contributed by atoms with Crippen LogP contribution in [0.3, 0.4) is 0 Å². The molecule has 100 valence electrons. The molecule has 2 aromatic rings. The smallest absolute Gasteiger partial charge is 0.0409 e. The molecule has 1 nitrogen and oxygen atoms in total. The van der Waals surface area contributed by atoms with Gasteiger partial charge in [-0.2, -0.15) is 0 Å². The molecule has 2 heteroatoms. The van der Waals surface area contributed by atoms with Crippen LogP contribution in [0.15, 0.2) is 42.5 Å². The van der Waals surface area contributed by atoms with Crippen molar-refractivity contribution in [1.29, 1.82) is 0 Å². The Bertz CT molecular complexity index is 543. The van der Waals surface area contributed by atoms with Crippen molar-refractivity contribution in [3.8, 4) is 0 Å². The van der Waals surface area contributed by atoms with Crippen LogP contribution in [0.5, 0.6) is 0 Å². The highest BCUT2D eigenvalue weighted by molar-refractivity contribution is 6.30. The maximum absolute atomic E-state index is 6.02. The van der Waals surface area contributed by atoms with E-state index < -0.39 is 0 Å². The second kappa shape index (κ2) is 6.23. The van der Waals surface area contributed by atoms with Crippen molar-refractivity contribution in [2.45, 2.75) is 33.4 Å². The highest BCUT2D eigenvalue weighted by atomic mass is 35.5. The predicted molar refractivity (Wildman–Crippen MR) is 82.6 cm³/mol. The van der Waals surface area contributed by atoms with Gasteiger partial charge in [0.2, 0.25) is 0 Å². The van der Waals surface area contributed by atoms with Gasteiger partial charge in [0.1, 0.15) is 0 Å². The molecular weight excluding hydrogens is 254 g/mol. The van der Waals surface area contributed by atoms with Crippen LogP contribution in [0.25, 0.3) is 0 Å². The number of rotatable bonds is 4. The van der Waals surface area contributed by atoms with Gasteiger partial charge in [0.05, 0.1) is 0 Å². The van der Waals surface area contributed by atoms with E-state index in [2.05, 4.69) is 50.4 Å². The fourth-order valence-electron chi connectivity index (χ4n) is 2.34. The van der Waals surface area contributed by atoms with E-state index in [0.29, 0.717) is 6.04 Å². The molecule has 0 unspecified atom stereocenters. The highest BCUT2D eigenvalue weighted by Gasteiger charge is 2.05. The Balaban J connectivity index is 2.02. The summed E-state index contributed by atoms with van der Waals surface area (Å²) >= 11 is 6.02. The summed E-state index contributed by atoms with van der Waals surface area (Å²) < 4.78 is 0. The van der Waals surface area contributed by atoms with Crippen LogP contribution in [0.4, 0.5) is 0 Å². The Morgan fingerprint density at radius 2 is 1.74 bits per heavy atom. The van der Waals surface area contributed by atoms with Crippen molar-refractivity contribution in [3.05, 3.63) is 69.7 Å². The quantitative estimate of drug-likeness (QED) is 0.843. The number of benzene rings is 2. The Kier molecular flexibility index (Phi) is 4.62. The van der Waals surface area contributed by atoms with E-state index in [1.54, 1.807) is 0 Å². The third-order valence-electron chi connectivity index (χ3n) is 3.24. The van der Waals surface area contributed by atoms with E-state index in [4.69, 9.17) is 11.6 Å². The molecule has 1 atom stereocenters. The van der Waals surface area contributed by atoms with Gasteiger partial charge in [-0.05, 0) is 44.0 Å². The first kappa shape index (κ1) is 14.1. The van der Waals surface area contributed by atoms with Crippen LogP contribution in [0, 0.1) is 13.8 Å². The molecule has 0 saturated heterocycles. The van der Waals surface area contributed by atoms with Crippen molar-refractivity contribution in [3.63, 3.8) is 0 Å². The fraction of sp³-hybridized carbons (Fsp3) is 0.294. The maximum Gasteiger partial charge on any atom is 0.0409 e. The number of aryl methyl sites for hydroxylation is 2. The summed E-state index contributed by atoms with van der Waals surface area (Å²) in [6.07, 6.45) is 0. The molecule has 0 spiro atoms. The topological polar surface area (TPSA) is 12.0 Å². The lowest BCUT2D eigenvalue weighted by Gasteiger charge is -2.15. The van der Waals surface area contributed by atoms with Crippen molar-refractivity contribution in [1.82, 2.24) is 5.32 Å². The summed E-state index contributed by atoms with van der Waals surface area (Å²) in [5.41, 5.74) is 5.17. The van der Waals surface area contributed by atoms with Gasteiger partial charge in [-0.25, -0.2) is 0 Å². The lowest BCUT2D eigenvalue weighted by atomic mass is 10.1. The minimum atomic E-state index is 0.291.